The molecule has 1 saturated carbocycles. The predicted molar refractivity (Wildman–Crippen MR) is 75.6 cm³/mol. The first-order valence-electron chi connectivity index (χ1n) is 6.62. The lowest BCUT2D eigenvalue weighted by molar-refractivity contribution is -0.113. The van der Waals surface area contributed by atoms with Crippen LogP contribution in [0.25, 0.3) is 0 Å². The number of thioether (sulfide) groups is 1. The van der Waals surface area contributed by atoms with Crippen molar-refractivity contribution in [3.05, 3.63) is 18.1 Å². The summed E-state index contributed by atoms with van der Waals surface area (Å²) in [6.45, 7) is 2.02. The van der Waals surface area contributed by atoms with Crippen LogP contribution in [0.1, 0.15) is 31.4 Å². The third-order valence-electron chi connectivity index (χ3n) is 3.18. The van der Waals surface area contributed by atoms with Gasteiger partial charge in [0.25, 0.3) is 0 Å². The third kappa shape index (κ3) is 2.84. The van der Waals surface area contributed by atoms with Gasteiger partial charge in [0.1, 0.15) is 12.1 Å². The number of carbonyl (C=O) groups excluding carboxylic acids is 1. The van der Waals surface area contributed by atoms with Crippen molar-refractivity contribution in [2.75, 3.05) is 11.1 Å². The first kappa shape index (κ1) is 13.2. The number of aromatic nitrogens is 5. The van der Waals surface area contributed by atoms with Crippen LogP contribution in [-0.2, 0) is 11.2 Å². The monoisotopic (exact) mass is 292 g/mol. The molecule has 0 aromatic carbocycles. The summed E-state index contributed by atoms with van der Waals surface area (Å²) in [5, 5.41) is 18.3. The fourth-order valence-electron chi connectivity index (χ4n) is 1.93. The number of nitrogens with zero attached hydrogens (tertiary/aromatic N) is 4. The van der Waals surface area contributed by atoms with E-state index in [1.165, 1.54) is 24.6 Å². The van der Waals surface area contributed by atoms with Crippen molar-refractivity contribution in [1.82, 2.24) is 25.0 Å². The van der Waals surface area contributed by atoms with Crippen LogP contribution in [0, 0.1) is 0 Å². The zero-order chi connectivity index (χ0) is 13.9. The Morgan fingerprint density at radius 3 is 3.20 bits per heavy atom. The maximum atomic E-state index is 11.9. The Morgan fingerprint density at radius 2 is 2.45 bits per heavy atom. The van der Waals surface area contributed by atoms with E-state index in [0.29, 0.717) is 17.6 Å². The van der Waals surface area contributed by atoms with Crippen molar-refractivity contribution in [3.8, 4) is 0 Å². The molecule has 0 saturated heterocycles. The van der Waals surface area contributed by atoms with Crippen molar-refractivity contribution in [2.45, 2.75) is 37.4 Å². The summed E-state index contributed by atoms with van der Waals surface area (Å²) < 4.78 is 2.05. The summed E-state index contributed by atoms with van der Waals surface area (Å²) in [6, 6.07) is 0.523. The highest BCUT2D eigenvalue weighted by Gasteiger charge is 2.26. The Balaban J connectivity index is 1.55. The molecule has 106 valence electrons. The number of aromatic amines is 1. The van der Waals surface area contributed by atoms with Gasteiger partial charge >= 0.3 is 0 Å². The minimum atomic E-state index is -0.0701. The topological polar surface area (TPSA) is 88.5 Å². The van der Waals surface area contributed by atoms with Crippen molar-refractivity contribution < 1.29 is 4.79 Å². The lowest BCUT2D eigenvalue weighted by Crippen LogP contribution is -2.15. The van der Waals surface area contributed by atoms with Crippen molar-refractivity contribution in [1.29, 1.82) is 0 Å². The molecule has 1 aliphatic carbocycles. The van der Waals surface area contributed by atoms with Gasteiger partial charge in [0, 0.05) is 11.6 Å². The van der Waals surface area contributed by atoms with E-state index in [-0.39, 0.29) is 5.91 Å². The fraction of sp³-hybridized carbons (Fsp3) is 0.500. The Morgan fingerprint density at radius 1 is 1.60 bits per heavy atom. The quantitative estimate of drug-likeness (QED) is 0.790. The highest BCUT2D eigenvalue weighted by Crippen LogP contribution is 2.37. The third-order valence-corrected chi connectivity index (χ3v) is 4.13. The number of anilines is 1. The van der Waals surface area contributed by atoms with Gasteiger partial charge in [-0.1, -0.05) is 18.7 Å². The number of rotatable bonds is 6. The predicted octanol–water partition coefficient (Wildman–Crippen LogP) is 1.63. The molecule has 2 aromatic rings. The van der Waals surface area contributed by atoms with Crippen molar-refractivity contribution in [2.24, 2.45) is 0 Å². The van der Waals surface area contributed by atoms with Crippen molar-refractivity contribution in [3.63, 3.8) is 0 Å². The molecule has 1 fully saturated rings. The van der Waals surface area contributed by atoms with E-state index in [2.05, 4.69) is 25.7 Å². The second-order valence-electron chi connectivity index (χ2n) is 4.71. The van der Waals surface area contributed by atoms with Crippen molar-refractivity contribution >= 4 is 23.5 Å². The summed E-state index contributed by atoms with van der Waals surface area (Å²) in [5.41, 5.74) is 1.00. The van der Waals surface area contributed by atoms with E-state index in [9.17, 15) is 4.79 Å². The molecule has 2 heterocycles. The summed E-state index contributed by atoms with van der Waals surface area (Å²) in [5.74, 6) is 0.925. The molecule has 20 heavy (non-hydrogen) atoms. The Bertz CT molecular complexity index is 603. The van der Waals surface area contributed by atoms with Crippen LogP contribution < -0.4 is 5.32 Å². The molecule has 1 amide bonds. The van der Waals surface area contributed by atoms with Gasteiger partial charge in [-0.15, -0.1) is 10.2 Å². The maximum Gasteiger partial charge on any atom is 0.235 e. The Labute approximate surface area is 120 Å². The van der Waals surface area contributed by atoms with Crippen LogP contribution in [0.2, 0.25) is 0 Å². The van der Waals surface area contributed by atoms with E-state index in [4.69, 9.17) is 0 Å². The number of carbonyl (C=O) groups is 1. The van der Waals surface area contributed by atoms with Gasteiger partial charge in [0.2, 0.25) is 5.91 Å². The van der Waals surface area contributed by atoms with E-state index in [1.807, 2.05) is 11.5 Å². The van der Waals surface area contributed by atoms with Gasteiger partial charge < -0.3 is 9.88 Å². The van der Waals surface area contributed by atoms with Crippen LogP contribution in [0.5, 0.6) is 0 Å². The molecule has 0 spiro atoms. The molecular weight excluding hydrogens is 276 g/mol. The van der Waals surface area contributed by atoms with E-state index in [0.717, 1.165) is 17.1 Å². The molecule has 0 bridgehead atoms. The second kappa shape index (κ2) is 5.66. The molecule has 1 aliphatic rings. The molecule has 0 radical (unpaired) electrons. The van der Waals surface area contributed by atoms with E-state index in [1.54, 1.807) is 12.5 Å². The Hall–Kier alpha value is -1.83. The van der Waals surface area contributed by atoms with Gasteiger partial charge in [-0.3, -0.25) is 9.89 Å². The van der Waals surface area contributed by atoms with Crippen LogP contribution in [0.4, 0.5) is 5.82 Å². The van der Waals surface area contributed by atoms with Crippen LogP contribution in [-0.4, -0.2) is 36.6 Å². The first-order chi connectivity index (χ1) is 9.78. The van der Waals surface area contributed by atoms with Crippen LogP contribution in [0.15, 0.2) is 17.7 Å². The standard InChI is InChI=1S/C12H16N6OS/c1-2-8-5-13-16-11(8)15-10(19)6-20-12-17-14-7-18(12)9-3-4-9/h5,7,9H,2-4,6H2,1H3,(H2,13,15,16,19). The molecule has 8 heteroatoms. The average Bonchev–Trinajstić information content (AvgIpc) is 3.01. The molecular formula is C12H16N6OS. The fourth-order valence-corrected chi connectivity index (χ4v) is 2.71. The number of H-pyrrole nitrogens is 1. The largest absolute Gasteiger partial charge is 0.310 e. The normalized spacial score (nSPS) is 14.4. The summed E-state index contributed by atoms with van der Waals surface area (Å²) in [6.07, 6.45) is 6.64. The molecule has 0 unspecified atom stereocenters. The molecule has 2 N–H and O–H groups in total. The average molecular weight is 292 g/mol. The smallest absolute Gasteiger partial charge is 0.235 e. The highest BCUT2D eigenvalue weighted by atomic mass is 32.2. The van der Waals surface area contributed by atoms with Crippen LogP contribution >= 0.6 is 11.8 Å². The summed E-state index contributed by atoms with van der Waals surface area (Å²) >= 11 is 1.41. The van der Waals surface area contributed by atoms with Gasteiger partial charge in [-0.2, -0.15) is 5.10 Å². The van der Waals surface area contributed by atoms with Gasteiger partial charge in [0.15, 0.2) is 5.16 Å². The SMILES string of the molecule is CCc1cn[nH]c1NC(=O)CSc1nncn1C1CC1. The zero-order valence-corrected chi connectivity index (χ0v) is 12.0. The number of hydrogen-bond acceptors (Lipinski definition) is 5. The number of nitrogens with one attached hydrogen (secondary N) is 2. The van der Waals surface area contributed by atoms with E-state index >= 15 is 0 Å². The zero-order valence-electron chi connectivity index (χ0n) is 11.2. The summed E-state index contributed by atoms with van der Waals surface area (Å²) in [4.78, 5) is 11.9. The lowest BCUT2D eigenvalue weighted by Gasteiger charge is -2.05. The number of aryl methyl sites for hydroxylation is 1. The van der Waals surface area contributed by atoms with Crippen LogP contribution in [0.3, 0.4) is 0 Å². The minimum Gasteiger partial charge on any atom is -0.310 e. The summed E-state index contributed by atoms with van der Waals surface area (Å²) in [7, 11) is 0. The Kier molecular flexibility index (Phi) is 3.72. The molecule has 3 rings (SSSR count). The van der Waals surface area contributed by atoms with Gasteiger partial charge in [-0.25, -0.2) is 0 Å². The minimum absolute atomic E-state index is 0.0701. The first-order valence-corrected chi connectivity index (χ1v) is 7.61. The second-order valence-corrected chi connectivity index (χ2v) is 5.66. The highest BCUT2D eigenvalue weighted by molar-refractivity contribution is 7.99. The molecule has 0 atom stereocenters. The molecule has 0 aliphatic heterocycles. The maximum absolute atomic E-state index is 11.9. The van der Waals surface area contributed by atoms with E-state index < -0.39 is 0 Å². The molecule has 7 nitrogen and oxygen atoms in total. The van der Waals surface area contributed by atoms with Gasteiger partial charge in [-0.05, 0) is 19.3 Å². The number of amides is 1. The molecule has 2 aromatic heterocycles. The van der Waals surface area contributed by atoms with Gasteiger partial charge in [0.05, 0.1) is 11.9 Å². The number of hydrogen-bond donors (Lipinski definition) is 2. The lowest BCUT2D eigenvalue weighted by atomic mass is 10.2.